The highest BCUT2D eigenvalue weighted by Crippen LogP contribution is 2.26. The molecule has 2 saturated heterocycles. The Hall–Kier alpha value is -2.77. The number of piperidine rings is 1. The summed E-state index contributed by atoms with van der Waals surface area (Å²) in [6.07, 6.45) is 1.74. The number of anilines is 1. The average molecular weight is 389 g/mol. The van der Waals surface area contributed by atoms with Crippen LogP contribution in [0.2, 0.25) is 0 Å². The minimum absolute atomic E-state index is 0.0402. The molecule has 0 aromatic heterocycles. The number of hydrogen-bond acceptors (Lipinski definition) is 5. The molecule has 0 radical (unpaired) electrons. The number of methoxy groups -OCH3 is 1. The van der Waals surface area contributed by atoms with Crippen molar-refractivity contribution in [2.45, 2.75) is 32.2 Å². The van der Waals surface area contributed by atoms with Crippen LogP contribution in [0.1, 0.15) is 26.2 Å². The highest BCUT2D eigenvalue weighted by Gasteiger charge is 2.34. The lowest BCUT2D eigenvalue weighted by molar-refractivity contribution is -0.149. The van der Waals surface area contributed by atoms with Gasteiger partial charge in [-0.25, -0.2) is 4.79 Å². The van der Waals surface area contributed by atoms with Crippen molar-refractivity contribution in [2.75, 3.05) is 38.3 Å². The van der Waals surface area contributed by atoms with Crippen molar-refractivity contribution in [1.82, 2.24) is 10.2 Å². The third-order valence-electron chi connectivity index (χ3n) is 5.15. The Morgan fingerprint density at radius 2 is 2.11 bits per heavy atom. The van der Waals surface area contributed by atoms with Crippen molar-refractivity contribution in [1.29, 1.82) is 0 Å². The number of rotatable bonds is 5. The van der Waals surface area contributed by atoms with Gasteiger partial charge in [-0.3, -0.25) is 9.59 Å². The first-order valence-corrected chi connectivity index (χ1v) is 9.68. The lowest BCUT2D eigenvalue weighted by Gasteiger charge is -2.32. The zero-order chi connectivity index (χ0) is 20.1. The van der Waals surface area contributed by atoms with E-state index in [-0.39, 0.29) is 36.3 Å². The van der Waals surface area contributed by atoms with E-state index in [9.17, 15) is 14.4 Å². The van der Waals surface area contributed by atoms with Crippen LogP contribution >= 0.6 is 0 Å². The molecule has 0 unspecified atom stereocenters. The first-order chi connectivity index (χ1) is 13.5. The summed E-state index contributed by atoms with van der Waals surface area (Å²) in [6.45, 7) is 3.47. The fourth-order valence-electron chi connectivity index (χ4n) is 3.71. The van der Waals surface area contributed by atoms with E-state index in [2.05, 4.69) is 5.32 Å². The van der Waals surface area contributed by atoms with Crippen molar-refractivity contribution in [3.63, 3.8) is 0 Å². The third kappa shape index (κ3) is 4.55. The van der Waals surface area contributed by atoms with Gasteiger partial charge < -0.3 is 24.6 Å². The van der Waals surface area contributed by atoms with Gasteiger partial charge in [-0.15, -0.1) is 0 Å². The first kappa shape index (κ1) is 20.0. The molecule has 152 valence electrons. The molecule has 0 saturated carbocycles. The van der Waals surface area contributed by atoms with Gasteiger partial charge >= 0.3 is 12.0 Å². The number of esters is 1. The molecule has 2 atom stereocenters. The van der Waals surface area contributed by atoms with Gasteiger partial charge in [0.05, 0.1) is 25.7 Å². The maximum Gasteiger partial charge on any atom is 0.317 e. The maximum atomic E-state index is 12.6. The predicted molar refractivity (Wildman–Crippen MR) is 103 cm³/mol. The van der Waals surface area contributed by atoms with Gasteiger partial charge in [0.25, 0.3) is 0 Å². The monoisotopic (exact) mass is 389 g/mol. The number of ether oxygens (including phenoxy) is 2. The summed E-state index contributed by atoms with van der Waals surface area (Å²) >= 11 is 0. The molecule has 28 heavy (non-hydrogen) atoms. The van der Waals surface area contributed by atoms with E-state index in [0.717, 1.165) is 18.5 Å². The van der Waals surface area contributed by atoms with E-state index >= 15 is 0 Å². The topological polar surface area (TPSA) is 88.2 Å². The Morgan fingerprint density at radius 1 is 1.29 bits per heavy atom. The Kier molecular flexibility index (Phi) is 6.38. The van der Waals surface area contributed by atoms with Gasteiger partial charge in [0, 0.05) is 37.8 Å². The van der Waals surface area contributed by atoms with Crippen molar-refractivity contribution in [2.24, 2.45) is 5.92 Å². The molecule has 3 amide bonds. The van der Waals surface area contributed by atoms with Crippen LogP contribution in [0.3, 0.4) is 0 Å². The quantitative estimate of drug-likeness (QED) is 0.776. The van der Waals surface area contributed by atoms with Crippen LogP contribution < -0.4 is 15.0 Å². The molecule has 2 fully saturated rings. The van der Waals surface area contributed by atoms with Gasteiger partial charge in [0.1, 0.15) is 5.75 Å². The summed E-state index contributed by atoms with van der Waals surface area (Å²) in [7, 11) is 1.58. The minimum Gasteiger partial charge on any atom is -0.497 e. The predicted octanol–water partition coefficient (Wildman–Crippen LogP) is 1.79. The summed E-state index contributed by atoms with van der Waals surface area (Å²) < 4.78 is 10.3. The molecular weight excluding hydrogens is 362 g/mol. The number of nitrogens with zero attached hydrogens (tertiary/aromatic N) is 2. The van der Waals surface area contributed by atoms with Crippen molar-refractivity contribution in [3.8, 4) is 5.75 Å². The molecule has 2 aliphatic rings. The lowest BCUT2D eigenvalue weighted by atomic mass is 9.98. The molecule has 3 rings (SSSR count). The van der Waals surface area contributed by atoms with E-state index in [0.29, 0.717) is 32.0 Å². The summed E-state index contributed by atoms with van der Waals surface area (Å²) in [5, 5.41) is 2.94. The SMILES string of the molecule is CCOC(=O)[C@@H]1CCCN(C(=O)N[C@H]2CC(=O)N(c3cccc(OC)c3)C2)C1. The fraction of sp³-hybridized carbons (Fsp3) is 0.550. The number of hydrogen-bond donors (Lipinski definition) is 1. The van der Waals surface area contributed by atoms with Crippen LogP contribution in [0.25, 0.3) is 0 Å². The molecule has 8 heteroatoms. The molecule has 0 bridgehead atoms. The van der Waals surface area contributed by atoms with Gasteiger partial charge in [-0.1, -0.05) is 6.07 Å². The molecule has 2 aliphatic heterocycles. The van der Waals surface area contributed by atoms with Crippen molar-refractivity contribution < 1.29 is 23.9 Å². The van der Waals surface area contributed by atoms with Gasteiger partial charge in [-0.2, -0.15) is 0 Å². The van der Waals surface area contributed by atoms with E-state index in [4.69, 9.17) is 9.47 Å². The molecule has 0 aliphatic carbocycles. The number of likely N-dealkylation sites (tertiary alicyclic amines) is 1. The smallest absolute Gasteiger partial charge is 0.317 e. The zero-order valence-electron chi connectivity index (χ0n) is 16.3. The highest BCUT2D eigenvalue weighted by molar-refractivity contribution is 5.97. The average Bonchev–Trinajstić information content (AvgIpc) is 3.08. The van der Waals surface area contributed by atoms with Gasteiger partial charge in [-0.05, 0) is 31.9 Å². The Bertz CT molecular complexity index is 738. The van der Waals surface area contributed by atoms with Crippen LogP contribution in [0.5, 0.6) is 5.75 Å². The van der Waals surface area contributed by atoms with E-state index in [1.165, 1.54) is 0 Å². The molecule has 2 heterocycles. The maximum absolute atomic E-state index is 12.6. The van der Waals surface area contributed by atoms with Crippen LogP contribution in [-0.4, -0.2) is 62.2 Å². The number of benzene rings is 1. The molecular formula is C20H27N3O5. The summed E-state index contributed by atoms with van der Waals surface area (Å²) in [5.41, 5.74) is 0.751. The number of carbonyl (C=O) groups excluding carboxylic acids is 3. The number of amides is 3. The van der Waals surface area contributed by atoms with Crippen LogP contribution in [0, 0.1) is 5.92 Å². The Balaban J connectivity index is 1.57. The summed E-state index contributed by atoms with van der Waals surface area (Å²) in [5.74, 6) is 0.107. The molecule has 1 aromatic rings. The second-order valence-electron chi connectivity index (χ2n) is 7.09. The van der Waals surface area contributed by atoms with Gasteiger partial charge in [0.15, 0.2) is 0 Å². The van der Waals surface area contributed by atoms with Crippen LogP contribution in [0.15, 0.2) is 24.3 Å². The number of carbonyl (C=O) groups is 3. The second kappa shape index (κ2) is 8.95. The summed E-state index contributed by atoms with van der Waals surface area (Å²) in [4.78, 5) is 40.3. The van der Waals surface area contributed by atoms with Crippen molar-refractivity contribution in [3.05, 3.63) is 24.3 Å². The second-order valence-corrected chi connectivity index (χ2v) is 7.09. The number of nitrogens with one attached hydrogen (secondary N) is 1. The van der Waals surface area contributed by atoms with Crippen molar-refractivity contribution >= 4 is 23.6 Å². The molecule has 0 spiro atoms. The largest absolute Gasteiger partial charge is 0.497 e. The fourth-order valence-corrected chi connectivity index (χ4v) is 3.71. The third-order valence-corrected chi connectivity index (χ3v) is 5.15. The first-order valence-electron chi connectivity index (χ1n) is 9.68. The van der Waals surface area contributed by atoms with E-state index in [1.54, 1.807) is 29.9 Å². The molecule has 8 nitrogen and oxygen atoms in total. The zero-order valence-corrected chi connectivity index (χ0v) is 16.3. The molecule has 1 aromatic carbocycles. The normalized spacial score (nSPS) is 22.1. The lowest BCUT2D eigenvalue weighted by Crippen LogP contribution is -2.50. The van der Waals surface area contributed by atoms with Gasteiger partial charge in [0.2, 0.25) is 5.91 Å². The summed E-state index contributed by atoms with van der Waals surface area (Å²) in [6, 6.07) is 6.79. The van der Waals surface area contributed by atoms with E-state index in [1.807, 2.05) is 18.2 Å². The number of urea groups is 1. The standard InChI is InChI=1S/C20H27N3O5/c1-3-28-19(25)14-6-5-9-22(12-14)20(26)21-15-10-18(24)23(13-15)16-7-4-8-17(11-16)27-2/h4,7-8,11,14-15H,3,5-6,9-10,12-13H2,1-2H3,(H,21,26)/t14-,15+/m1/s1. The Labute approximate surface area is 164 Å². The van der Waals surface area contributed by atoms with Crippen LogP contribution in [-0.2, 0) is 14.3 Å². The molecule has 1 N–H and O–H groups in total. The van der Waals surface area contributed by atoms with E-state index < -0.39 is 0 Å². The Morgan fingerprint density at radius 3 is 2.86 bits per heavy atom. The van der Waals surface area contributed by atoms with Crippen LogP contribution in [0.4, 0.5) is 10.5 Å². The minimum atomic E-state index is -0.280. The highest BCUT2D eigenvalue weighted by atomic mass is 16.5.